The average molecular weight is 457 g/mol. The molecule has 34 heavy (non-hydrogen) atoms. The first-order valence-electron chi connectivity index (χ1n) is 13.1. The van der Waals surface area contributed by atoms with E-state index in [2.05, 4.69) is 84.7 Å². The molecule has 2 aliphatic rings. The Hall–Kier alpha value is -2.65. The molecule has 1 unspecified atom stereocenters. The van der Waals surface area contributed by atoms with Gasteiger partial charge in [0.05, 0.1) is 0 Å². The quantitative estimate of drug-likeness (QED) is 0.469. The number of piperidine rings is 1. The van der Waals surface area contributed by atoms with Gasteiger partial charge in [0, 0.05) is 12.1 Å². The predicted octanol–water partition coefficient (Wildman–Crippen LogP) is 6.47. The van der Waals surface area contributed by atoms with Crippen molar-refractivity contribution in [3.05, 3.63) is 94.7 Å². The summed E-state index contributed by atoms with van der Waals surface area (Å²) in [6, 6.07) is 17.6. The van der Waals surface area contributed by atoms with Crippen LogP contribution in [0.5, 0.6) is 0 Å². The van der Waals surface area contributed by atoms with Gasteiger partial charge in [-0.15, -0.1) is 0 Å². The lowest BCUT2D eigenvalue weighted by Crippen LogP contribution is -2.36. The fraction of sp³-hybridized carbons (Fsp3) is 0.452. The zero-order valence-corrected chi connectivity index (χ0v) is 20.9. The maximum atomic E-state index is 12.9. The fourth-order valence-electron chi connectivity index (χ4n) is 5.25. The maximum absolute atomic E-state index is 12.9. The lowest BCUT2D eigenvalue weighted by molar-refractivity contribution is -0.120. The zero-order chi connectivity index (χ0) is 23.8. The molecule has 0 bridgehead atoms. The highest BCUT2D eigenvalue weighted by molar-refractivity contribution is 5.79. The van der Waals surface area contributed by atoms with Crippen molar-refractivity contribution >= 4 is 5.91 Å². The first kappa shape index (κ1) is 24.5. The summed E-state index contributed by atoms with van der Waals surface area (Å²) in [5, 5.41) is 3.13. The molecule has 0 radical (unpaired) electrons. The van der Waals surface area contributed by atoms with Crippen molar-refractivity contribution in [1.82, 2.24) is 10.2 Å². The van der Waals surface area contributed by atoms with Crippen molar-refractivity contribution in [1.29, 1.82) is 0 Å². The molecule has 1 amide bonds. The monoisotopic (exact) mass is 456 g/mol. The Morgan fingerprint density at radius 1 is 1.03 bits per heavy atom. The Balaban J connectivity index is 1.33. The first-order chi connectivity index (χ1) is 16.6. The van der Waals surface area contributed by atoms with Crippen LogP contribution >= 0.6 is 0 Å². The van der Waals surface area contributed by atoms with Crippen LogP contribution in [0.1, 0.15) is 66.7 Å². The molecule has 1 fully saturated rings. The molecule has 0 saturated carbocycles. The summed E-state index contributed by atoms with van der Waals surface area (Å²) < 4.78 is 0. The van der Waals surface area contributed by atoms with Crippen LogP contribution in [0, 0.1) is 19.8 Å². The molecule has 3 heteroatoms. The first-order valence-corrected chi connectivity index (χ1v) is 13.1. The maximum Gasteiger partial charge on any atom is 0.224 e. The van der Waals surface area contributed by atoms with E-state index in [9.17, 15) is 4.79 Å². The molecular weight excluding hydrogens is 416 g/mol. The van der Waals surface area contributed by atoms with Crippen LogP contribution in [0.2, 0.25) is 0 Å². The van der Waals surface area contributed by atoms with E-state index in [1.807, 2.05) is 6.08 Å². The van der Waals surface area contributed by atoms with Crippen molar-refractivity contribution in [2.24, 2.45) is 5.92 Å². The molecule has 1 N–H and O–H groups in total. The Labute approximate surface area is 206 Å². The second kappa shape index (κ2) is 12.2. The van der Waals surface area contributed by atoms with Crippen molar-refractivity contribution in [3.63, 3.8) is 0 Å². The number of rotatable bonds is 9. The molecule has 1 aliphatic carbocycles. The van der Waals surface area contributed by atoms with Crippen LogP contribution in [0.4, 0.5) is 0 Å². The summed E-state index contributed by atoms with van der Waals surface area (Å²) in [6.45, 7) is 7.72. The normalized spacial score (nSPS) is 17.9. The number of aryl methyl sites for hydroxylation is 2. The highest BCUT2D eigenvalue weighted by Gasteiger charge is 2.22. The third-order valence-corrected chi connectivity index (χ3v) is 7.58. The number of hydrogen-bond donors (Lipinski definition) is 1. The molecule has 0 spiro atoms. The summed E-state index contributed by atoms with van der Waals surface area (Å²) in [4.78, 5) is 15.5. The predicted molar refractivity (Wildman–Crippen MR) is 142 cm³/mol. The van der Waals surface area contributed by atoms with Crippen molar-refractivity contribution in [3.8, 4) is 0 Å². The number of nitrogens with zero attached hydrogens (tertiary/aromatic N) is 1. The molecule has 180 valence electrons. The molecule has 3 nitrogen and oxygen atoms in total. The molecule has 1 atom stereocenters. The molecule has 4 rings (SSSR count). The number of amides is 1. The lowest BCUT2D eigenvalue weighted by atomic mass is 9.88. The van der Waals surface area contributed by atoms with Gasteiger partial charge in [-0.2, -0.15) is 0 Å². The van der Waals surface area contributed by atoms with Crippen LogP contribution in [0.3, 0.4) is 0 Å². The van der Waals surface area contributed by atoms with Crippen molar-refractivity contribution < 1.29 is 4.79 Å². The largest absolute Gasteiger partial charge is 0.326 e. The molecule has 2 aromatic carbocycles. The Morgan fingerprint density at radius 2 is 1.82 bits per heavy atom. The third-order valence-electron chi connectivity index (χ3n) is 7.58. The van der Waals surface area contributed by atoms with Gasteiger partial charge in [-0.3, -0.25) is 4.79 Å². The number of hydrogen-bond acceptors (Lipinski definition) is 2. The van der Waals surface area contributed by atoms with Gasteiger partial charge in [0.2, 0.25) is 5.91 Å². The topological polar surface area (TPSA) is 32.3 Å². The standard InChI is InChI=1S/C31H40N2O/c1-24-13-14-28(21-25(24)2)29(23-31(34)32-30-11-7-4-8-12-30)17-20-33-18-15-27(16-19-33)22-26-9-5-3-6-10-26/h3,5-7,9-14,21,27,29H,4,8,15-20,22-23H2,1-2H3,(H,32,34). The third kappa shape index (κ3) is 7.17. The van der Waals surface area contributed by atoms with E-state index in [0.717, 1.165) is 37.4 Å². The van der Waals surface area contributed by atoms with Gasteiger partial charge in [0.25, 0.3) is 0 Å². The Kier molecular flexibility index (Phi) is 8.76. The number of carbonyl (C=O) groups is 1. The number of allylic oxidation sites excluding steroid dienone is 3. The SMILES string of the molecule is Cc1ccc(C(CCN2CCC(Cc3ccccc3)CC2)CC(=O)NC2=CCCC=C2)cc1C. The number of nitrogens with one attached hydrogen (secondary N) is 1. The van der Waals surface area contributed by atoms with Gasteiger partial charge in [-0.05, 0) is 112 Å². The fourth-order valence-corrected chi connectivity index (χ4v) is 5.25. The van der Waals surface area contributed by atoms with E-state index < -0.39 is 0 Å². The highest BCUT2D eigenvalue weighted by Crippen LogP contribution is 2.28. The van der Waals surface area contributed by atoms with Crippen molar-refractivity contribution in [2.45, 2.75) is 64.7 Å². The van der Waals surface area contributed by atoms with Gasteiger partial charge in [0.15, 0.2) is 0 Å². The second-order valence-electron chi connectivity index (χ2n) is 10.2. The molecule has 0 aromatic heterocycles. The lowest BCUT2D eigenvalue weighted by Gasteiger charge is -2.33. The van der Waals surface area contributed by atoms with E-state index in [4.69, 9.17) is 0 Å². The van der Waals surface area contributed by atoms with E-state index >= 15 is 0 Å². The molecular formula is C31H40N2O. The summed E-state index contributed by atoms with van der Waals surface area (Å²) in [5.41, 5.74) is 6.33. The summed E-state index contributed by atoms with van der Waals surface area (Å²) in [5.74, 6) is 1.16. The van der Waals surface area contributed by atoms with Crippen LogP contribution in [-0.4, -0.2) is 30.4 Å². The highest BCUT2D eigenvalue weighted by atomic mass is 16.1. The molecule has 2 aromatic rings. The van der Waals surface area contributed by atoms with Gasteiger partial charge >= 0.3 is 0 Å². The second-order valence-corrected chi connectivity index (χ2v) is 10.2. The number of likely N-dealkylation sites (tertiary alicyclic amines) is 1. The molecule has 1 saturated heterocycles. The average Bonchev–Trinajstić information content (AvgIpc) is 2.86. The Bertz CT molecular complexity index is 999. The Morgan fingerprint density at radius 3 is 2.53 bits per heavy atom. The van der Waals surface area contributed by atoms with Gasteiger partial charge < -0.3 is 10.2 Å². The van der Waals surface area contributed by atoms with Crippen LogP contribution in [0.25, 0.3) is 0 Å². The van der Waals surface area contributed by atoms with Gasteiger partial charge in [-0.1, -0.05) is 60.7 Å². The summed E-state index contributed by atoms with van der Waals surface area (Å²) in [6.07, 6.45) is 13.7. The molecule has 1 aliphatic heterocycles. The van der Waals surface area contributed by atoms with E-state index in [1.54, 1.807) is 0 Å². The molecule has 1 heterocycles. The van der Waals surface area contributed by atoms with E-state index in [0.29, 0.717) is 6.42 Å². The van der Waals surface area contributed by atoms with Gasteiger partial charge in [0.1, 0.15) is 0 Å². The minimum absolute atomic E-state index is 0.127. The minimum atomic E-state index is 0.127. The van der Waals surface area contributed by atoms with E-state index in [1.165, 1.54) is 54.6 Å². The smallest absolute Gasteiger partial charge is 0.224 e. The summed E-state index contributed by atoms with van der Waals surface area (Å²) >= 11 is 0. The van der Waals surface area contributed by atoms with Gasteiger partial charge in [-0.25, -0.2) is 0 Å². The zero-order valence-electron chi connectivity index (χ0n) is 20.9. The van der Waals surface area contributed by atoms with Crippen molar-refractivity contribution in [2.75, 3.05) is 19.6 Å². The van der Waals surface area contributed by atoms with Crippen LogP contribution in [0.15, 0.2) is 72.5 Å². The number of carbonyl (C=O) groups excluding carboxylic acids is 1. The summed E-state index contributed by atoms with van der Waals surface area (Å²) in [7, 11) is 0. The van der Waals surface area contributed by atoms with Crippen LogP contribution < -0.4 is 5.32 Å². The number of benzene rings is 2. The minimum Gasteiger partial charge on any atom is -0.326 e. The van der Waals surface area contributed by atoms with Crippen LogP contribution in [-0.2, 0) is 11.2 Å². The van der Waals surface area contributed by atoms with E-state index in [-0.39, 0.29) is 11.8 Å².